The fraction of sp³-hybridized carbons (Fsp3) is 0.200. The Morgan fingerprint density at radius 1 is 0.885 bits per heavy atom. The number of aromatic nitrogens is 2. The number of hydrogen-bond donors (Lipinski definition) is 2. The summed E-state index contributed by atoms with van der Waals surface area (Å²) in [5, 5.41) is 7.18. The number of nitrogens with zero attached hydrogens (tertiary/aromatic N) is 2. The number of para-hydroxylation sites is 3. The summed E-state index contributed by atoms with van der Waals surface area (Å²) in [5.41, 5.74) is 1.64. The van der Waals surface area contributed by atoms with E-state index >= 15 is 0 Å². The molecule has 6 heteroatoms. The third kappa shape index (κ3) is 4.64. The van der Waals surface area contributed by atoms with Crippen molar-refractivity contribution >= 4 is 34.6 Å². The number of anilines is 4. The summed E-state index contributed by atoms with van der Waals surface area (Å²) in [4.78, 5) is 8.89. The minimum absolute atomic E-state index is 0.0857. The van der Waals surface area contributed by atoms with Gasteiger partial charge in [0.05, 0.1) is 22.5 Å². The number of ether oxygens (including phenoxy) is 1. The van der Waals surface area contributed by atoms with Crippen molar-refractivity contribution in [1.82, 2.24) is 9.97 Å². The Kier molecular flexibility index (Phi) is 5.58. The van der Waals surface area contributed by atoms with Gasteiger partial charge in [-0.3, -0.25) is 0 Å². The van der Waals surface area contributed by atoms with Crippen molar-refractivity contribution in [2.24, 2.45) is 0 Å². The van der Waals surface area contributed by atoms with Crippen molar-refractivity contribution < 1.29 is 4.74 Å². The first kappa shape index (κ1) is 18.0. The van der Waals surface area contributed by atoms with Gasteiger partial charge in [0.15, 0.2) is 0 Å². The Labute approximate surface area is 158 Å². The Balaban J connectivity index is 1.86. The van der Waals surface area contributed by atoms with Crippen LogP contribution in [0.5, 0.6) is 5.75 Å². The van der Waals surface area contributed by atoms with Gasteiger partial charge in [0.25, 0.3) is 0 Å². The van der Waals surface area contributed by atoms with Crippen molar-refractivity contribution in [2.45, 2.75) is 26.9 Å². The highest BCUT2D eigenvalue weighted by Gasteiger charge is 2.09. The predicted octanol–water partition coefficient (Wildman–Crippen LogP) is 5.71. The van der Waals surface area contributed by atoms with Gasteiger partial charge >= 0.3 is 0 Å². The zero-order chi connectivity index (χ0) is 18.5. The molecular weight excluding hydrogens is 348 g/mol. The van der Waals surface area contributed by atoms with Crippen LogP contribution >= 0.6 is 11.6 Å². The first-order chi connectivity index (χ1) is 12.5. The van der Waals surface area contributed by atoms with Crippen LogP contribution in [0, 0.1) is 6.92 Å². The van der Waals surface area contributed by atoms with Gasteiger partial charge in [0, 0.05) is 6.07 Å². The number of rotatable bonds is 6. The molecule has 0 bridgehead atoms. The van der Waals surface area contributed by atoms with E-state index in [0.717, 1.165) is 17.1 Å². The monoisotopic (exact) mass is 368 g/mol. The molecule has 26 heavy (non-hydrogen) atoms. The van der Waals surface area contributed by atoms with E-state index < -0.39 is 0 Å². The van der Waals surface area contributed by atoms with Crippen molar-refractivity contribution in [3.63, 3.8) is 0 Å². The standard InChI is InChI=1S/C20H21ClN4O/c1-13(2)26-18-11-7-6-10-17(18)25-20-12-19(22-14(3)23-20)24-16-9-5-4-8-15(16)21/h4-13H,1-3H3,(H2,22,23,24,25). The Bertz CT molecular complexity index is 898. The van der Waals surface area contributed by atoms with Crippen LogP contribution in [0.2, 0.25) is 5.02 Å². The molecule has 2 N–H and O–H groups in total. The molecule has 0 saturated heterocycles. The van der Waals surface area contributed by atoms with E-state index in [0.29, 0.717) is 22.5 Å². The van der Waals surface area contributed by atoms with Gasteiger partial charge in [-0.15, -0.1) is 0 Å². The van der Waals surface area contributed by atoms with Crippen molar-refractivity contribution in [2.75, 3.05) is 10.6 Å². The van der Waals surface area contributed by atoms with Crippen LogP contribution in [0.4, 0.5) is 23.0 Å². The van der Waals surface area contributed by atoms with E-state index in [4.69, 9.17) is 16.3 Å². The van der Waals surface area contributed by atoms with E-state index in [-0.39, 0.29) is 6.10 Å². The Morgan fingerprint density at radius 3 is 2.12 bits per heavy atom. The summed E-state index contributed by atoms with van der Waals surface area (Å²) < 4.78 is 5.85. The molecule has 0 amide bonds. The largest absolute Gasteiger partial charge is 0.489 e. The van der Waals surface area contributed by atoms with Crippen LogP contribution in [0.1, 0.15) is 19.7 Å². The lowest BCUT2D eigenvalue weighted by molar-refractivity contribution is 0.244. The lowest BCUT2D eigenvalue weighted by Crippen LogP contribution is -2.08. The highest BCUT2D eigenvalue weighted by atomic mass is 35.5. The van der Waals surface area contributed by atoms with Crippen LogP contribution in [0.15, 0.2) is 54.6 Å². The van der Waals surface area contributed by atoms with Crippen LogP contribution < -0.4 is 15.4 Å². The SMILES string of the molecule is Cc1nc(Nc2ccccc2Cl)cc(Nc2ccccc2OC(C)C)n1. The molecule has 5 nitrogen and oxygen atoms in total. The molecule has 0 saturated carbocycles. The van der Waals surface area contributed by atoms with E-state index in [9.17, 15) is 0 Å². The zero-order valence-corrected chi connectivity index (χ0v) is 15.7. The molecule has 0 fully saturated rings. The Morgan fingerprint density at radius 2 is 1.46 bits per heavy atom. The third-order valence-corrected chi connectivity index (χ3v) is 3.82. The van der Waals surface area contributed by atoms with Crippen LogP contribution in [-0.4, -0.2) is 16.1 Å². The summed E-state index contributed by atoms with van der Waals surface area (Å²) in [5.74, 6) is 2.76. The highest BCUT2D eigenvalue weighted by Crippen LogP contribution is 2.29. The van der Waals surface area contributed by atoms with Gasteiger partial charge in [0.2, 0.25) is 0 Å². The van der Waals surface area contributed by atoms with E-state index in [2.05, 4.69) is 20.6 Å². The normalized spacial score (nSPS) is 10.7. The first-order valence-corrected chi connectivity index (χ1v) is 8.79. The number of aryl methyl sites for hydroxylation is 1. The summed E-state index contributed by atoms with van der Waals surface area (Å²) in [6.07, 6.45) is 0.0857. The molecule has 0 unspecified atom stereocenters. The summed E-state index contributed by atoms with van der Waals surface area (Å²) >= 11 is 6.21. The molecule has 134 valence electrons. The van der Waals surface area contributed by atoms with Crippen LogP contribution in [-0.2, 0) is 0 Å². The number of halogens is 1. The lowest BCUT2D eigenvalue weighted by Gasteiger charge is -2.16. The quantitative estimate of drug-likeness (QED) is 0.583. The second-order valence-electron chi connectivity index (χ2n) is 6.08. The second kappa shape index (κ2) is 8.06. The van der Waals surface area contributed by atoms with Crippen molar-refractivity contribution in [3.05, 3.63) is 65.4 Å². The van der Waals surface area contributed by atoms with Crippen LogP contribution in [0.3, 0.4) is 0 Å². The Hall–Kier alpha value is -2.79. The molecule has 0 spiro atoms. The average Bonchev–Trinajstić information content (AvgIpc) is 2.58. The van der Waals surface area contributed by atoms with Gasteiger partial charge < -0.3 is 15.4 Å². The second-order valence-corrected chi connectivity index (χ2v) is 6.49. The molecule has 3 rings (SSSR count). The average molecular weight is 369 g/mol. The van der Waals surface area contributed by atoms with Gasteiger partial charge in [-0.25, -0.2) is 9.97 Å². The van der Waals surface area contributed by atoms with Gasteiger partial charge in [-0.05, 0) is 45.0 Å². The maximum Gasteiger partial charge on any atom is 0.143 e. The number of benzene rings is 2. The zero-order valence-electron chi connectivity index (χ0n) is 15.0. The molecular formula is C20H21ClN4O. The topological polar surface area (TPSA) is 59.1 Å². The number of hydrogen-bond acceptors (Lipinski definition) is 5. The summed E-state index contributed by atoms with van der Waals surface area (Å²) in [7, 11) is 0. The molecule has 0 atom stereocenters. The smallest absolute Gasteiger partial charge is 0.143 e. The highest BCUT2D eigenvalue weighted by molar-refractivity contribution is 6.33. The van der Waals surface area contributed by atoms with Crippen molar-refractivity contribution in [1.29, 1.82) is 0 Å². The van der Waals surface area contributed by atoms with Gasteiger partial charge in [-0.2, -0.15) is 0 Å². The molecule has 1 aromatic heterocycles. The summed E-state index contributed by atoms with van der Waals surface area (Å²) in [6.45, 7) is 5.84. The van der Waals surface area contributed by atoms with Crippen molar-refractivity contribution in [3.8, 4) is 5.75 Å². The lowest BCUT2D eigenvalue weighted by atomic mass is 10.3. The molecule has 0 aliphatic heterocycles. The molecule has 1 heterocycles. The third-order valence-electron chi connectivity index (χ3n) is 3.49. The first-order valence-electron chi connectivity index (χ1n) is 8.41. The minimum Gasteiger partial charge on any atom is -0.489 e. The molecule has 0 radical (unpaired) electrons. The fourth-order valence-corrected chi connectivity index (χ4v) is 2.64. The van der Waals surface area contributed by atoms with Crippen LogP contribution in [0.25, 0.3) is 0 Å². The number of nitrogens with one attached hydrogen (secondary N) is 2. The van der Waals surface area contributed by atoms with Gasteiger partial charge in [0.1, 0.15) is 23.2 Å². The minimum atomic E-state index is 0.0857. The molecule has 3 aromatic rings. The fourth-order valence-electron chi connectivity index (χ4n) is 2.46. The van der Waals surface area contributed by atoms with E-state index in [1.807, 2.05) is 75.4 Å². The predicted molar refractivity (Wildman–Crippen MR) is 107 cm³/mol. The van der Waals surface area contributed by atoms with E-state index in [1.54, 1.807) is 0 Å². The molecule has 2 aromatic carbocycles. The van der Waals surface area contributed by atoms with Gasteiger partial charge in [-0.1, -0.05) is 35.9 Å². The maximum absolute atomic E-state index is 6.21. The van der Waals surface area contributed by atoms with E-state index in [1.165, 1.54) is 0 Å². The molecule has 0 aliphatic carbocycles. The maximum atomic E-state index is 6.21. The summed E-state index contributed by atoms with van der Waals surface area (Å²) in [6, 6.07) is 17.1. The molecule has 0 aliphatic rings.